The van der Waals surface area contributed by atoms with E-state index in [9.17, 15) is 18.0 Å². The van der Waals surface area contributed by atoms with Crippen LogP contribution in [0.3, 0.4) is 0 Å². The van der Waals surface area contributed by atoms with Crippen LogP contribution in [-0.4, -0.2) is 20.0 Å². The zero-order valence-corrected chi connectivity index (χ0v) is 19.2. The Morgan fingerprint density at radius 3 is 2.06 bits per heavy atom. The number of hydrogen-bond acceptors (Lipinski definition) is 6. The van der Waals surface area contributed by atoms with Gasteiger partial charge in [-0.2, -0.15) is 8.42 Å². The second-order valence-corrected chi connectivity index (χ2v) is 10.3. The smallest absolute Gasteiger partial charge is 0.339 e. The van der Waals surface area contributed by atoms with Gasteiger partial charge in [0.05, 0.1) is 0 Å². The summed E-state index contributed by atoms with van der Waals surface area (Å²) in [5.41, 5.74) is 1.65. The fourth-order valence-electron chi connectivity index (χ4n) is 4.67. The summed E-state index contributed by atoms with van der Waals surface area (Å²) in [6, 6.07) is 12.3. The number of ether oxygens (including phenoxy) is 1. The van der Waals surface area contributed by atoms with Gasteiger partial charge in [0, 0.05) is 47.8 Å². The summed E-state index contributed by atoms with van der Waals surface area (Å²) >= 11 is 5.85. The molecule has 0 unspecified atom stereocenters. The summed E-state index contributed by atoms with van der Waals surface area (Å²) in [5, 5.41) is 0.415. The van der Waals surface area contributed by atoms with E-state index >= 15 is 0 Å². The number of halogens is 1. The third-order valence-corrected chi connectivity index (χ3v) is 7.65. The highest BCUT2D eigenvalue weighted by Gasteiger charge is 2.41. The predicted octanol–water partition coefficient (Wildman–Crippen LogP) is 5.24. The minimum Gasteiger partial charge on any atom is -0.465 e. The molecule has 0 saturated carbocycles. The van der Waals surface area contributed by atoms with E-state index in [-0.39, 0.29) is 22.2 Å². The van der Waals surface area contributed by atoms with Crippen molar-refractivity contribution in [3.8, 4) is 5.75 Å². The lowest BCUT2D eigenvalue weighted by atomic mass is 9.73. The Kier molecular flexibility index (Phi) is 5.62. The molecule has 0 atom stereocenters. The van der Waals surface area contributed by atoms with Crippen molar-refractivity contribution in [3.63, 3.8) is 0 Å². The molecule has 33 heavy (non-hydrogen) atoms. The molecule has 6 nitrogen and oxygen atoms in total. The number of benzene rings is 2. The highest BCUT2D eigenvalue weighted by Crippen LogP contribution is 2.48. The quantitative estimate of drug-likeness (QED) is 0.552. The summed E-state index contributed by atoms with van der Waals surface area (Å²) in [4.78, 5) is 25.8. The van der Waals surface area contributed by atoms with E-state index in [4.69, 9.17) is 20.5 Å². The molecule has 1 heterocycles. The van der Waals surface area contributed by atoms with Gasteiger partial charge in [-0.25, -0.2) is 0 Å². The summed E-state index contributed by atoms with van der Waals surface area (Å²) in [6.45, 7) is 0. The molecule has 0 spiro atoms. The van der Waals surface area contributed by atoms with Gasteiger partial charge in [0.25, 0.3) is 0 Å². The van der Waals surface area contributed by atoms with Crippen LogP contribution in [0, 0.1) is 0 Å². The third-order valence-electron chi connectivity index (χ3n) is 6.14. The molecule has 0 N–H and O–H groups in total. The van der Waals surface area contributed by atoms with Crippen molar-refractivity contribution in [2.75, 3.05) is 0 Å². The monoisotopic (exact) mass is 484 g/mol. The lowest BCUT2D eigenvalue weighted by molar-refractivity contribution is -0.117. The van der Waals surface area contributed by atoms with E-state index < -0.39 is 16.0 Å². The van der Waals surface area contributed by atoms with Gasteiger partial charge in [-0.05, 0) is 54.8 Å². The van der Waals surface area contributed by atoms with E-state index in [2.05, 4.69) is 0 Å². The highest BCUT2D eigenvalue weighted by molar-refractivity contribution is 7.87. The minimum absolute atomic E-state index is 0.0247. The maximum atomic E-state index is 12.9. The zero-order valence-electron chi connectivity index (χ0n) is 17.7. The van der Waals surface area contributed by atoms with Crippen LogP contribution < -0.4 is 4.18 Å². The molecule has 5 rings (SSSR count). The van der Waals surface area contributed by atoms with Crippen molar-refractivity contribution in [1.29, 1.82) is 0 Å². The predicted molar refractivity (Wildman–Crippen MR) is 121 cm³/mol. The van der Waals surface area contributed by atoms with Crippen LogP contribution in [0.2, 0.25) is 5.02 Å². The lowest BCUT2D eigenvalue weighted by Gasteiger charge is -2.36. The first-order chi connectivity index (χ1) is 15.8. The summed E-state index contributed by atoms with van der Waals surface area (Å²) in [7, 11) is -4.09. The van der Waals surface area contributed by atoms with E-state index in [0.29, 0.717) is 71.8 Å². The van der Waals surface area contributed by atoms with Crippen molar-refractivity contribution < 1.29 is 26.9 Å². The first-order valence-corrected chi connectivity index (χ1v) is 12.6. The van der Waals surface area contributed by atoms with Crippen LogP contribution in [0.15, 0.2) is 76.1 Å². The Bertz CT molecular complexity index is 1280. The maximum Gasteiger partial charge on any atom is 0.339 e. The number of carbonyl (C=O) groups excluding carboxylic acids is 2. The van der Waals surface area contributed by atoms with Crippen LogP contribution >= 0.6 is 11.6 Å². The molecule has 2 aromatic rings. The Hall–Kier alpha value is -2.90. The third kappa shape index (κ3) is 4.11. The second kappa shape index (κ2) is 8.47. The van der Waals surface area contributed by atoms with E-state index in [1.165, 1.54) is 30.3 Å². The van der Waals surface area contributed by atoms with E-state index in [0.717, 1.165) is 0 Å². The van der Waals surface area contributed by atoms with Crippen molar-refractivity contribution in [3.05, 3.63) is 81.8 Å². The fourth-order valence-corrected chi connectivity index (χ4v) is 5.72. The second-order valence-electron chi connectivity index (χ2n) is 8.33. The largest absolute Gasteiger partial charge is 0.465 e. The molecular formula is C25H21ClO6S. The number of Topliss-reactive ketones (excluding diaryl/α,β-unsaturated/α-hetero) is 2. The van der Waals surface area contributed by atoms with Crippen LogP contribution in [0.1, 0.15) is 50.0 Å². The van der Waals surface area contributed by atoms with Crippen LogP contribution in [0.4, 0.5) is 0 Å². The number of allylic oxidation sites excluding steroid dienone is 4. The standard InChI is InChI=1S/C25H21ClO6S/c26-16-10-12-18(13-11-16)33(29,30)32-17-5-1-4-15(14-17)23-24-19(27)6-2-8-21(24)31-22-9-3-7-20(28)25(22)23/h1,4-5,10-14,23H,2-3,6-9H2. The molecule has 2 aromatic carbocycles. The number of carbonyl (C=O) groups is 2. The van der Waals surface area contributed by atoms with Gasteiger partial charge in [-0.1, -0.05) is 23.7 Å². The molecule has 2 aliphatic carbocycles. The van der Waals surface area contributed by atoms with Gasteiger partial charge in [-0.15, -0.1) is 0 Å². The highest BCUT2D eigenvalue weighted by atomic mass is 35.5. The van der Waals surface area contributed by atoms with Gasteiger partial charge in [-0.3, -0.25) is 9.59 Å². The summed E-state index contributed by atoms with van der Waals surface area (Å²) in [6.07, 6.45) is 3.51. The van der Waals surface area contributed by atoms with Crippen molar-refractivity contribution >= 4 is 33.3 Å². The Labute approximate surface area is 197 Å². The Balaban J connectivity index is 1.56. The molecule has 1 aliphatic heterocycles. The Morgan fingerprint density at radius 2 is 1.45 bits per heavy atom. The van der Waals surface area contributed by atoms with Crippen molar-refractivity contribution in [2.24, 2.45) is 0 Å². The zero-order chi connectivity index (χ0) is 23.2. The topological polar surface area (TPSA) is 86.7 Å². The van der Waals surface area contributed by atoms with Gasteiger partial charge in [0.2, 0.25) is 0 Å². The maximum absolute atomic E-state index is 12.9. The molecule has 170 valence electrons. The van der Waals surface area contributed by atoms with Crippen molar-refractivity contribution in [2.45, 2.75) is 49.3 Å². The first-order valence-electron chi connectivity index (χ1n) is 10.8. The Morgan fingerprint density at radius 1 is 0.848 bits per heavy atom. The SMILES string of the molecule is O=C1CCCC2=C1C(c1cccc(OS(=O)(=O)c3ccc(Cl)cc3)c1)C1=C(CCCC1=O)O2. The molecule has 8 heteroatoms. The van der Waals surface area contributed by atoms with Gasteiger partial charge in [0.15, 0.2) is 11.6 Å². The molecule has 0 fully saturated rings. The van der Waals surface area contributed by atoms with Gasteiger partial charge >= 0.3 is 10.1 Å². The van der Waals surface area contributed by atoms with E-state index in [1.807, 2.05) is 0 Å². The lowest BCUT2D eigenvalue weighted by Crippen LogP contribution is -2.30. The van der Waals surface area contributed by atoms with Crippen LogP contribution in [0.5, 0.6) is 5.75 Å². The summed E-state index contributed by atoms with van der Waals surface area (Å²) < 4.78 is 36.9. The molecule has 3 aliphatic rings. The normalized spacial score (nSPS) is 19.2. The number of ketones is 2. The first kappa shape index (κ1) is 21.9. The average molecular weight is 485 g/mol. The van der Waals surface area contributed by atoms with Crippen molar-refractivity contribution in [1.82, 2.24) is 0 Å². The van der Waals surface area contributed by atoms with Crippen LogP contribution in [0.25, 0.3) is 0 Å². The van der Waals surface area contributed by atoms with Crippen LogP contribution in [-0.2, 0) is 24.4 Å². The molecule has 0 amide bonds. The van der Waals surface area contributed by atoms with Gasteiger partial charge < -0.3 is 8.92 Å². The van der Waals surface area contributed by atoms with Gasteiger partial charge in [0.1, 0.15) is 22.2 Å². The summed E-state index contributed by atoms with van der Waals surface area (Å²) in [5.74, 6) is 0.711. The average Bonchev–Trinajstić information content (AvgIpc) is 2.78. The van der Waals surface area contributed by atoms with E-state index in [1.54, 1.807) is 18.2 Å². The molecule has 0 saturated heterocycles. The number of hydrogen-bond donors (Lipinski definition) is 0. The fraction of sp³-hybridized carbons (Fsp3) is 0.280. The number of rotatable bonds is 4. The molecule has 0 radical (unpaired) electrons. The molecular weight excluding hydrogens is 464 g/mol. The molecule has 0 bridgehead atoms. The minimum atomic E-state index is -4.09. The molecule has 0 aromatic heterocycles.